The number of nitrogens with zero attached hydrogens (tertiary/aromatic N) is 4. The molecular formula is C63H82F3N5P2. The number of para-hydroxylation sites is 4. The summed E-state index contributed by atoms with van der Waals surface area (Å²) in [5.41, 5.74) is 15.9. The van der Waals surface area contributed by atoms with E-state index in [1.165, 1.54) is 100 Å². The number of benzene rings is 5. The quantitative estimate of drug-likeness (QED) is 0.117. The van der Waals surface area contributed by atoms with Crippen LogP contribution in [0.25, 0.3) is 11.6 Å². The molecule has 0 aliphatic carbocycles. The van der Waals surface area contributed by atoms with Gasteiger partial charge in [0.2, 0.25) is 0 Å². The maximum Gasteiger partial charge on any atom is 0.416 e. The molecule has 5 aromatic carbocycles. The minimum Gasteiger partial charge on any atom is -0.341 e. The molecule has 390 valence electrons. The lowest BCUT2D eigenvalue weighted by atomic mass is 9.91. The second-order valence-corrected chi connectivity index (χ2v) is 26.9. The Bertz CT molecular complexity index is 2620. The molecule has 2 aliphatic heterocycles. The lowest BCUT2D eigenvalue weighted by molar-refractivity contribution is -0.137. The average Bonchev–Trinajstić information content (AvgIpc) is 3.96. The summed E-state index contributed by atoms with van der Waals surface area (Å²) in [7, 11) is -1.03. The Labute approximate surface area is 438 Å². The van der Waals surface area contributed by atoms with Gasteiger partial charge in [0.15, 0.2) is 0 Å². The fraction of sp³-hybridized carbons (Fsp3) is 0.460. The van der Waals surface area contributed by atoms with Crippen LogP contribution in [-0.4, -0.2) is 26.2 Å². The first-order valence-electron chi connectivity index (χ1n) is 27.1. The molecule has 2 aliphatic rings. The zero-order chi connectivity index (χ0) is 53.0. The van der Waals surface area contributed by atoms with E-state index in [0.717, 1.165) is 26.2 Å². The molecule has 2 fully saturated rings. The van der Waals surface area contributed by atoms with Gasteiger partial charge < -0.3 is 24.7 Å². The lowest BCUT2D eigenvalue weighted by Crippen LogP contribution is -2.37. The highest BCUT2D eigenvalue weighted by Crippen LogP contribution is 2.49. The van der Waals surface area contributed by atoms with Crippen LogP contribution in [0.3, 0.4) is 0 Å². The van der Waals surface area contributed by atoms with Crippen LogP contribution in [-0.2, 0) is 6.18 Å². The van der Waals surface area contributed by atoms with Gasteiger partial charge in [-0.1, -0.05) is 184 Å². The van der Waals surface area contributed by atoms with Crippen molar-refractivity contribution in [3.8, 4) is 0 Å². The Hall–Kier alpha value is -5.03. The molecule has 10 heteroatoms. The lowest BCUT2D eigenvalue weighted by Gasteiger charge is -2.36. The Morgan fingerprint density at radius 2 is 0.616 bits per heavy atom. The van der Waals surface area contributed by atoms with Crippen LogP contribution in [0.15, 0.2) is 97.1 Å². The second-order valence-electron chi connectivity index (χ2n) is 23.0. The molecular weight excluding hydrogens is 946 g/mol. The van der Waals surface area contributed by atoms with E-state index in [1.54, 1.807) is 12.1 Å². The zero-order valence-electron chi connectivity index (χ0n) is 46.6. The van der Waals surface area contributed by atoms with Crippen LogP contribution < -0.4 is 34.1 Å². The highest BCUT2D eigenvalue weighted by Gasteiger charge is 2.39. The molecule has 0 spiro atoms. The smallest absolute Gasteiger partial charge is 0.341 e. The van der Waals surface area contributed by atoms with Crippen molar-refractivity contribution in [3.05, 3.63) is 156 Å². The molecule has 6 aromatic rings. The van der Waals surface area contributed by atoms with Gasteiger partial charge in [0.25, 0.3) is 0 Å². The van der Waals surface area contributed by atoms with E-state index in [-0.39, 0.29) is 47.3 Å². The first kappa shape index (κ1) is 54.2. The van der Waals surface area contributed by atoms with Crippen LogP contribution in [0.2, 0.25) is 0 Å². The first-order valence-corrected chi connectivity index (χ1v) is 29.5. The maximum atomic E-state index is 14.3. The zero-order valence-corrected chi connectivity index (χ0v) is 48.4. The number of anilines is 5. The summed E-state index contributed by atoms with van der Waals surface area (Å²) in [5, 5.41) is 4.08. The molecule has 73 heavy (non-hydrogen) atoms. The van der Waals surface area contributed by atoms with Crippen LogP contribution in [0.1, 0.15) is 208 Å². The van der Waals surface area contributed by atoms with E-state index in [0.29, 0.717) is 13.9 Å². The van der Waals surface area contributed by atoms with E-state index >= 15 is 0 Å². The molecule has 0 unspecified atom stereocenters. The fourth-order valence-corrected chi connectivity index (χ4v) is 15.9. The summed E-state index contributed by atoms with van der Waals surface area (Å²) in [6.07, 6.45) is -4.44. The van der Waals surface area contributed by atoms with Crippen molar-refractivity contribution in [2.75, 3.05) is 50.9 Å². The molecule has 2 saturated heterocycles. The van der Waals surface area contributed by atoms with E-state index in [2.05, 4.69) is 208 Å². The molecule has 1 N–H and O–H groups in total. The molecule has 5 nitrogen and oxygen atoms in total. The standard InChI is InChI=1S/C63H82F3N5P2/c1-37(2)47-21-17-22-48(38(3)4)55(47)68-33-34-69(56-49(39(5)6)23-18-24-50(56)40(7)8)59(68)61-72-62(73(61)67-46-31-29-45(30-32-46)63(64,65)66)60-70(57-51(41(9)10)25-19-26-52(57)42(11)12)35-36-71(60)58-53(43(13)14)27-20-28-54(58)44(15)16/h17-32,37-44,67,72H,33-36H2,1-16H3. The van der Waals surface area contributed by atoms with Crippen molar-refractivity contribution in [2.24, 2.45) is 0 Å². The van der Waals surface area contributed by atoms with E-state index in [1.807, 2.05) is 0 Å². The Kier molecular flexibility index (Phi) is 16.1. The highest BCUT2D eigenvalue weighted by atomic mass is 31.1. The third-order valence-electron chi connectivity index (χ3n) is 15.1. The number of alkyl halides is 3. The molecule has 0 bridgehead atoms. The summed E-state index contributed by atoms with van der Waals surface area (Å²) in [4.78, 5) is 10.7. The number of rotatable bonds is 14. The van der Waals surface area contributed by atoms with Gasteiger partial charge in [-0.05, 0) is 116 Å². The Morgan fingerprint density at radius 1 is 0.384 bits per heavy atom. The summed E-state index contributed by atoms with van der Waals surface area (Å²) in [5.74, 6) is 4.71. The normalized spacial score (nSPS) is 15.2. The first-order chi connectivity index (χ1) is 34.5. The van der Waals surface area contributed by atoms with Gasteiger partial charge in [-0.25, -0.2) is 0 Å². The SMILES string of the molecule is CC(C)c1cccc(C(C)C)c1N1CCN(c2c(C(C)C)cccc2C(C)C)C1=c1[pH]c(=C2N(c3c(C(C)C)cccc3C(C)C)CCN2c2c(C(C)C)cccc2C(C)C)p1Nc1ccc(C(F)(F)F)cc1. The molecule has 8 rings (SSSR count). The van der Waals surface area contributed by atoms with Crippen LogP contribution in [0.4, 0.5) is 41.6 Å². The number of halogens is 3. The molecule has 0 amide bonds. The highest BCUT2D eigenvalue weighted by molar-refractivity contribution is 7.67. The Morgan fingerprint density at radius 3 is 0.822 bits per heavy atom. The van der Waals surface area contributed by atoms with Gasteiger partial charge in [0.1, 0.15) is 11.6 Å². The maximum absolute atomic E-state index is 14.3. The van der Waals surface area contributed by atoms with Gasteiger partial charge in [0, 0.05) is 62.3 Å². The third-order valence-corrected chi connectivity index (χ3v) is 19.8. The van der Waals surface area contributed by atoms with E-state index in [4.69, 9.17) is 0 Å². The predicted octanol–water partition coefficient (Wildman–Crippen LogP) is 17.8. The van der Waals surface area contributed by atoms with E-state index in [9.17, 15) is 13.2 Å². The van der Waals surface area contributed by atoms with Crippen LogP contribution in [0, 0.1) is 0 Å². The topological polar surface area (TPSA) is 25.0 Å². The summed E-state index contributed by atoms with van der Waals surface area (Å²) >= 11 is 0. The van der Waals surface area contributed by atoms with Gasteiger partial charge >= 0.3 is 6.18 Å². The van der Waals surface area contributed by atoms with Crippen molar-refractivity contribution in [1.29, 1.82) is 0 Å². The van der Waals surface area contributed by atoms with Gasteiger partial charge in [0.05, 0.1) is 14.9 Å². The predicted molar refractivity (Wildman–Crippen MR) is 313 cm³/mol. The summed E-state index contributed by atoms with van der Waals surface area (Å²) in [6.45, 7) is 40.2. The summed E-state index contributed by atoms with van der Waals surface area (Å²) < 4.78 is 45.5. The van der Waals surface area contributed by atoms with Gasteiger partial charge in [-0.2, -0.15) is 13.2 Å². The van der Waals surface area contributed by atoms with Gasteiger partial charge in [-0.15, -0.1) is 8.19 Å². The third kappa shape index (κ3) is 10.4. The molecule has 0 saturated carbocycles. The van der Waals surface area contributed by atoms with Crippen molar-refractivity contribution in [2.45, 2.75) is 164 Å². The largest absolute Gasteiger partial charge is 0.416 e. The van der Waals surface area contributed by atoms with Crippen molar-refractivity contribution < 1.29 is 13.2 Å². The molecule has 0 radical (unpaired) electrons. The monoisotopic (exact) mass is 1030 g/mol. The fourth-order valence-electron chi connectivity index (χ4n) is 11.4. The second kappa shape index (κ2) is 21.7. The van der Waals surface area contributed by atoms with Gasteiger partial charge in [-0.3, -0.25) is 0 Å². The van der Waals surface area contributed by atoms with E-state index < -0.39 is 19.4 Å². The van der Waals surface area contributed by atoms with Crippen LogP contribution in [0.5, 0.6) is 0 Å². The van der Waals surface area contributed by atoms with Crippen molar-refractivity contribution in [3.63, 3.8) is 0 Å². The molecule has 0 atom stereocenters. The van der Waals surface area contributed by atoms with Crippen molar-refractivity contribution in [1.82, 2.24) is 0 Å². The average molecular weight is 1030 g/mol. The summed E-state index contributed by atoms with van der Waals surface area (Å²) in [6, 6.07) is 33.3. The number of nitrogens with one attached hydrogen (secondary N) is 1. The van der Waals surface area contributed by atoms with Crippen molar-refractivity contribution >= 4 is 56.0 Å². The Balaban J connectivity index is 1.59. The number of hydrogen-bond acceptors (Lipinski definition) is 5. The van der Waals surface area contributed by atoms with Crippen LogP contribution >= 0.6 is 15.9 Å². The molecule has 3 heterocycles. The minimum absolute atomic E-state index is 0.282. The molecule has 1 aromatic heterocycles. The number of hydrogen-bond donors (Lipinski definition) is 1. The minimum atomic E-state index is -4.44.